The molecule has 0 radical (unpaired) electrons. The van der Waals surface area contributed by atoms with Gasteiger partial charge in [-0.3, -0.25) is 4.79 Å². The van der Waals surface area contributed by atoms with Gasteiger partial charge in [0.2, 0.25) is 0 Å². The lowest BCUT2D eigenvalue weighted by atomic mass is 10.0. The van der Waals surface area contributed by atoms with E-state index in [9.17, 15) is 4.79 Å². The Kier molecular flexibility index (Phi) is 3.53. The minimum absolute atomic E-state index is 0.276. The van der Waals surface area contributed by atoms with Crippen LogP contribution in [0.5, 0.6) is 5.75 Å². The van der Waals surface area contributed by atoms with E-state index < -0.39 is 0 Å². The fourth-order valence-electron chi connectivity index (χ4n) is 1.41. The summed E-state index contributed by atoms with van der Waals surface area (Å²) in [5.74, 6) is 0.952. The summed E-state index contributed by atoms with van der Waals surface area (Å²) in [7, 11) is 1.58. The molecule has 0 aliphatic rings. The van der Waals surface area contributed by atoms with Crippen molar-refractivity contribution in [3.63, 3.8) is 0 Å². The molecule has 0 saturated carbocycles. The molecule has 3 heteroatoms. The van der Waals surface area contributed by atoms with Crippen molar-refractivity contribution in [3.8, 4) is 5.75 Å². The Hall–Kier alpha value is -1.02. The van der Waals surface area contributed by atoms with Crippen molar-refractivity contribution in [2.75, 3.05) is 7.11 Å². The molecule has 14 heavy (non-hydrogen) atoms. The zero-order chi connectivity index (χ0) is 10.7. The molecule has 0 aliphatic carbocycles. The predicted molar refractivity (Wildman–Crippen MR) is 57.5 cm³/mol. The number of benzene rings is 1. The molecular formula is C11H13ClO2. The van der Waals surface area contributed by atoms with Gasteiger partial charge in [-0.1, -0.05) is 25.4 Å². The number of carbonyl (C=O) groups excluding carboxylic acids is 1. The maximum Gasteiger partial charge on any atom is 0.150 e. The lowest BCUT2D eigenvalue weighted by Gasteiger charge is -2.14. The Morgan fingerprint density at radius 2 is 2.07 bits per heavy atom. The number of hydrogen-bond acceptors (Lipinski definition) is 2. The molecule has 0 spiro atoms. The molecule has 0 aromatic heterocycles. The average molecular weight is 213 g/mol. The van der Waals surface area contributed by atoms with E-state index in [0.717, 1.165) is 11.8 Å². The second kappa shape index (κ2) is 4.47. The Balaban J connectivity index is 3.34. The number of carbonyl (C=O) groups is 1. The summed E-state index contributed by atoms with van der Waals surface area (Å²) in [6, 6.07) is 3.36. The third-order valence-corrected chi connectivity index (χ3v) is 2.36. The van der Waals surface area contributed by atoms with Gasteiger partial charge in [-0.15, -0.1) is 0 Å². The van der Waals surface area contributed by atoms with Crippen molar-refractivity contribution in [1.82, 2.24) is 0 Å². The number of hydrogen-bond donors (Lipinski definition) is 0. The monoisotopic (exact) mass is 212 g/mol. The highest BCUT2D eigenvalue weighted by Crippen LogP contribution is 2.33. The molecule has 0 atom stereocenters. The van der Waals surface area contributed by atoms with Crippen LogP contribution in [0.1, 0.15) is 35.7 Å². The van der Waals surface area contributed by atoms with Gasteiger partial charge in [-0.05, 0) is 18.1 Å². The zero-order valence-corrected chi connectivity index (χ0v) is 9.26. The van der Waals surface area contributed by atoms with Gasteiger partial charge in [0.25, 0.3) is 0 Å². The molecule has 0 saturated heterocycles. The van der Waals surface area contributed by atoms with E-state index in [0.29, 0.717) is 16.3 Å². The van der Waals surface area contributed by atoms with E-state index in [4.69, 9.17) is 16.3 Å². The van der Waals surface area contributed by atoms with Crippen molar-refractivity contribution in [2.45, 2.75) is 19.8 Å². The quantitative estimate of drug-likeness (QED) is 0.719. The first kappa shape index (κ1) is 11.1. The lowest BCUT2D eigenvalue weighted by molar-refractivity contribution is 0.112. The van der Waals surface area contributed by atoms with Crippen LogP contribution >= 0.6 is 11.6 Å². The summed E-state index contributed by atoms with van der Waals surface area (Å²) in [6.07, 6.45) is 0.762. The highest BCUT2D eigenvalue weighted by Gasteiger charge is 2.13. The Labute approximate surface area is 88.8 Å². The molecule has 0 fully saturated rings. The smallest absolute Gasteiger partial charge is 0.150 e. The highest BCUT2D eigenvalue weighted by molar-refractivity contribution is 6.32. The third-order valence-electron chi connectivity index (χ3n) is 2.05. The fourth-order valence-corrected chi connectivity index (χ4v) is 1.85. The second-order valence-electron chi connectivity index (χ2n) is 3.39. The third kappa shape index (κ3) is 2.07. The van der Waals surface area contributed by atoms with Crippen molar-refractivity contribution in [2.24, 2.45) is 0 Å². The normalized spacial score (nSPS) is 10.4. The summed E-state index contributed by atoms with van der Waals surface area (Å²) in [5.41, 5.74) is 1.48. The van der Waals surface area contributed by atoms with Crippen LogP contribution in [-0.4, -0.2) is 13.4 Å². The number of methoxy groups -OCH3 is 1. The molecular weight excluding hydrogens is 200 g/mol. The largest absolute Gasteiger partial charge is 0.496 e. The van der Waals surface area contributed by atoms with Crippen molar-refractivity contribution >= 4 is 17.9 Å². The van der Waals surface area contributed by atoms with Gasteiger partial charge < -0.3 is 4.74 Å². The molecule has 0 amide bonds. The van der Waals surface area contributed by atoms with Crippen LogP contribution in [0.3, 0.4) is 0 Å². The summed E-state index contributed by atoms with van der Waals surface area (Å²) >= 11 is 6.05. The summed E-state index contributed by atoms with van der Waals surface area (Å²) in [5, 5.41) is 0.585. The van der Waals surface area contributed by atoms with Gasteiger partial charge in [-0.2, -0.15) is 0 Å². The molecule has 1 aromatic rings. The molecule has 2 nitrogen and oxygen atoms in total. The molecule has 0 bridgehead atoms. The number of ether oxygens (including phenoxy) is 1. The minimum atomic E-state index is 0.276. The van der Waals surface area contributed by atoms with E-state index in [2.05, 4.69) is 0 Å². The second-order valence-corrected chi connectivity index (χ2v) is 3.80. The van der Waals surface area contributed by atoms with Gasteiger partial charge in [-0.25, -0.2) is 0 Å². The van der Waals surface area contributed by atoms with Gasteiger partial charge in [0, 0.05) is 16.1 Å². The van der Waals surface area contributed by atoms with Crippen LogP contribution in [-0.2, 0) is 0 Å². The van der Waals surface area contributed by atoms with Gasteiger partial charge >= 0.3 is 0 Å². The molecule has 1 aromatic carbocycles. The number of halogens is 1. The standard InChI is InChI=1S/C11H13ClO2/c1-7(2)11-9(12)4-8(6-13)5-10(11)14-3/h4-7H,1-3H3. The first-order valence-electron chi connectivity index (χ1n) is 4.42. The molecule has 0 aliphatic heterocycles. The molecule has 1 rings (SSSR count). The Morgan fingerprint density at radius 1 is 1.43 bits per heavy atom. The predicted octanol–water partition coefficient (Wildman–Crippen LogP) is 3.28. The number of aldehydes is 1. The van der Waals surface area contributed by atoms with E-state index in [1.165, 1.54) is 0 Å². The van der Waals surface area contributed by atoms with Crippen LogP contribution < -0.4 is 4.74 Å². The molecule has 0 N–H and O–H groups in total. The van der Waals surface area contributed by atoms with E-state index >= 15 is 0 Å². The lowest BCUT2D eigenvalue weighted by Crippen LogP contribution is -1.97. The van der Waals surface area contributed by atoms with Gasteiger partial charge in [0.15, 0.2) is 0 Å². The van der Waals surface area contributed by atoms with E-state index in [1.807, 2.05) is 13.8 Å². The summed E-state index contributed by atoms with van der Waals surface area (Å²) < 4.78 is 5.19. The maximum absolute atomic E-state index is 10.6. The molecule has 76 valence electrons. The SMILES string of the molecule is COc1cc(C=O)cc(Cl)c1C(C)C. The van der Waals surface area contributed by atoms with Crippen LogP contribution in [0.25, 0.3) is 0 Å². The zero-order valence-electron chi connectivity index (χ0n) is 8.50. The topological polar surface area (TPSA) is 26.3 Å². The average Bonchev–Trinajstić information content (AvgIpc) is 2.15. The minimum Gasteiger partial charge on any atom is -0.496 e. The van der Waals surface area contributed by atoms with Gasteiger partial charge in [0.05, 0.1) is 7.11 Å². The Morgan fingerprint density at radius 3 is 2.50 bits per heavy atom. The van der Waals surface area contributed by atoms with Crippen LogP contribution in [0, 0.1) is 0 Å². The molecule has 0 heterocycles. The number of rotatable bonds is 3. The van der Waals surface area contributed by atoms with E-state index in [1.54, 1.807) is 19.2 Å². The van der Waals surface area contributed by atoms with Crippen LogP contribution in [0.4, 0.5) is 0 Å². The van der Waals surface area contributed by atoms with Crippen molar-refractivity contribution in [1.29, 1.82) is 0 Å². The summed E-state index contributed by atoms with van der Waals surface area (Å²) in [6.45, 7) is 4.06. The Bertz CT molecular complexity index is 345. The summed E-state index contributed by atoms with van der Waals surface area (Å²) in [4.78, 5) is 10.6. The maximum atomic E-state index is 10.6. The molecule has 0 unspecified atom stereocenters. The van der Waals surface area contributed by atoms with E-state index in [-0.39, 0.29) is 5.92 Å². The highest BCUT2D eigenvalue weighted by atomic mass is 35.5. The first-order valence-corrected chi connectivity index (χ1v) is 4.80. The van der Waals surface area contributed by atoms with Gasteiger partial charge in [0.1, 0.15) is 12.0 Å². The first-order chi connectivity index (χ1) is 6.60. The van der Waals surface area contributed by atoms with Crippen LogP contribution in [0.2, 0.25) is 5.02 Å². The fraction of sp³-hybridized carbons (Fsp3) is 0.364. The van der Waals surface area contributed by atoms with Crippen LogP contribution in [0.15, 0.2) is 12.1 Å². The van der Waals surface area contributed by atoms with Crippen molar-refractivity contribution in [3.05, 3.63) is 28.3 Å². The van der Waals surface area contributed by atoms with Crippen molar-refractivity contribution < 1.29 is 9.53 Å².